The van der Waals surface area contributed by atoms with Crippen LogP contribution in [-0.2, 0) is 78.2 Å². The third kappa shape index (κ3) is 27.7. The molecule has 0 saturated carbocycles. The maximum atomic E-state index is 12.7. The van der Waals surface area contributed by atoms with Gasteiger partial charge in [0.15, 0.2) is 6.23 Å². The largest absolute Gasteiger partial charge is 0.508 e. The van der Waals surface area contributed by atoms with E-state index in [-0.39, 0.29) is 107 Å². The van der Waals surface area contributed by atoms with E-state index >= 15 is 0 Å². The molecule has 5 amide bonds. The van der Waals surface area contributed by atoms with Crippen LogP contribution in [0.4, 0.5) is 4.79 Å². The molecule has 0 unspecified atom stereocenters. The Morgan fingerprint density at radius 2 is 1.07 bits per heavy atom. The maximum absolute atomic E-state index is 12.7. The number of rotatable bonds is 39. The molecule has 0 saturated heterocycles. The number of carboxylic acid groups (broad SMARTS) is 4. The van der Waals surface area contributed by atoms with Crippen LogP contribution in [0, 0.1) is 0 Å². The van der Waals surface area contributed by atoms with Gasteiger partial charge in [0.2, 0.25) is 23.2 Å². The third-order valence-corrected chi connectivity index (χ3v) is 14.5. The Morgan fingerprint density at radius 3 is 1.53 bits per heavy atom. The quantitative estimate of drug-likeness (QED) is 0.0185. The molecule has 0 bridgehead atoms. The zero-order valence-corrected chi connectivity index (χ0v) is 43.1. The van der Waals surface area contributed by atoms with E-state index in [0.717, 1.165) is 0 Å². The number of nitrogens with one attached hydrogen (secondary N) is 5. The van der Waals surface area contributed by atoms with Crippen LogP contribution in [-0.4, -0.2) is 171 Å². The highest BCUT2D eigenvalue weighted by molar-refractivity contribution is 7.70. The number of phenols is 2. The monoisotopic (exact) mass is 1120 g/mol. The molecule has 0 aliphatic heterocycles. The number of aliphatic carboxylic acids is 4. The number of urea groups is 1. The summed E-state index contributed by atoms with van der Waals surface area (Å²) < 4.78 is 27.9. The summed E-state index contributed by atoms with van der Waals surface area (Å²) in [5.74, 6) is -7.13. The number of hydrogen-bond donors (Lipinski definition) is 15. The zero-order chi connectivity index (χ0) is 57.0. The maximum Gasteiger partial charge on any atom is 0.360 e. The zero-order valence-electron chi connectivity index (χ0n) is 41.3. The first-order valence-electron chi connectivity index (χ1n) is 23.7. The highest BCUT2D eigenvalue weighted by Gasteiger charge is 2.44. The fraction of sp³-hybridized carbons (Fsp3) is 0.533. The molecular weight excluding hydrogens is 1050 g/mol. The van der Waals surface area contributed by atoms with Gasteiger partial charge in [-0.2, -0.15) is 0 Å². The number of benzene rings is 2. The van der Waals surface area contributed by atoms with E-state index in [1.807, 2.05) is 0 Å². The molecule has 76 heavy (non-hydrogen) atoms. The molecule has 31 heteroatoms. The van der Waals surface area contributed by atoms with Crippen molar-refractivity contribution in [2.24, 2.45) is 0 Å². The summed E-state index contributed by atoms with van der Waals surface area (Å²) in [5.41, 5.74) is -1.17. The number of carboxylic acids is 4. The Balaban J connectivity index is 1.83. The lowest BCUT2D eigenvalue weighted by Gasteiger charge is -2.26. The number of amides is 5. The summed E-state index contributed by atoms with van der Waals surface area (Å²) in [6.07, 6.45) is 0.764. The predicted octanol–water partition coefficient (Wildman–Crippen LogP) is 0.271. The lowest BCUT2D eigenvalue weighted by Crippen LogP contribution is -2.49. The van der Waals surface area contributed by atoms with Crippen LogP contribution in [0.3, 0.4) is 0 Å². The molecule has 2 rings (SSSR count). The van der Waals surface area contributed by atoms with Crippen LogP contribution in [0.2, 0.25) is 0 Å². The van der Waals surface area contributed by atoms with Crippen molar-refractivity contribution >= 4 is 69.3 Å². The summed E-state index contributed by atoms with van der Waals surface area (Å²) in [5, 5.41) is 70.2. The SMILES string of the molecule is O=CO[C@H](CCCCNC(=O)CCCCCNC(=O)CCc1ccc(O)c(CN(CCN(CC(=O)O)Cc2cc(CCC(=O)NC(P(=O)(O)O)P(=O)(O)O)ccc2O)CC(=O)O)c1)NC(=O)N[C@@H](CCC(=O)O)C(=O)O. The second-order valence-corrected chi connectivity index (χ2v) is 21.2. The molecule has 0 aliphatic rings. The number of aryl methyl sites for hydroxylation is 2. The smallest absolute Gasteiger partial charge is 0.360 e. The van der Waals surface area contributed by atoms with Gasteiger partial charge in [-0.3, -0.25) is 52.5 Å². The standard InChI is InChI=1S/C45H67N7O22P2/c53-28-74-39(50-44(67)48-33(43(65)66)12-17-40(59)60)7-3-5-19-46-36(56)6-2-1-4-18-47-37(57)15-10-29-8-13-34(54)31(22-29)24-51(26-41(61)62)20-21-52(27-42(63)64)25-32-23-30(9-14-35(32)55)11-16-38(58)49-45(75(68,69)70)76(71,72)73/h8-9,13-14,22-23,28,33,39,45,54-55H,1-7,10-12,15-21,24-27H2,(H,46,56)(H,47,57)(H,49,58)(H,59,60)(H,61,62)(H,63,64)(H,65,66)(H2,48,50,67)(H2,68,69,70)(H2,71,72,73)/t33-,39+/m0/s1. The van der Waals surface area contributed by atoms with Gasteiger partial charge in [-0.15, -0.1) is 0 Å². The van der Waals surface area contributed by atoms with Gasteiger partial charge in [0, 0.05) is 82.5 Å². The number of aromatic hydroxyl groups is 2. The van der Waals surface area contributed by atoms with Crippen molar-refractivity contribution in [3.8, 4) is 11.5 Å². The second kappa shape index (κ2) is 33.3. The summed E-state index contributed by atoms with van der Waals surface area (Å²) >= 11 is 0. The van der Waals surface area contributed by atoms with Crippen LogP contribution in [0.15, 0.2) is 36.4 Å². The van der Waals surface area contributed by atoms with Crippen molar-refractivity contribution in [1.29, 1.82) is 0 Å². The molecule has 0 heterocycles. The predicted molar refractivity (Wildman–Crippen MR) is 264 cm³/mol. The highest BCUT2D eigenvalue weighted by Crippen LogP contribution is 2.58. The fourth-order valence-electron chi connectivity index (χ4n) is 7.30. The first-order valence-corrected chi connectivity index (χ1v) is 27.1. The van der Waals surface area contributed by atoms with Gasteiger partial charge in [0.25, 0.3) is 6.47 Å². The van der Waals surface area contributed by atoms with E-state index in [1.54, 1.807) is 17.4 Å². The van der Waals surface area contributed by atoms with Crippen molar-refractivity contribution in [2.45, 2.75) is 114 Å². The molecule has 0 aliphatic carbocycles. The third-order valence-electron chi connectivity index (χ3n) is 11.1. The second-order valence-electron chi connectivity index (χ2n) is 17.4. The Hall–Kier alpha value is -6.71. The van der Waals surface area contributed by atoms with Crippen LogP contribution < -0.4 is 26.6 Å². The summed E-state index contributed by atoms with van der Waals surface area (Å²) in [6, 6.07) is 6.27. The molecular formula is C45H67N7O22P2. The van der Waals surface area contributed by atoms with Crippen molar-refractivity contribution < 1.29 is 107 Å². The summed E-state index contributed by atoms with van der Waals surface area (Å²) in [6.45, 7) is -0.702. The van der Waals surface area contributed by atoms with Crippen LogP contribution in [0.1, 0.15) is 92.9 Å². The minimum atomic E-state index is -5.44. The van der Waals surface area contributed by atoms with Gasteiger partial charge in [-0.1, -0.05) is 30.7 Å². The van der Waals surface area contributed by atoms with E-state index < -0.39 is 94.7 Å². The van der Waals surface area contributed by atoms with E-state index in [4.69, 9.17) is 9.84 Å². The summed E-state index contributed by atoms with van der Waals surface area (Å²) in [7, 11) is -10.9. The minimum absolute atomic E-state index is 0.0386. The van der Waals surface area contributed by atoms with Crippen molar-refractivity contribution in [1.82, 2.24) is 36.4 Å². The van der Waals surface area contributed by atoms with E-state index in [1.165, 1.54) is 34.1 Å². The van der Waals surface area contributed by atoms with Crippen LogP contribution >= 0.6 is 15.2 Å². The number of carbonyl (C=O) groups is 9. The van der Waals surface area contributed by atoms with E-state index in [2.05, 4.69) is 21.3 Å². The minimum Gasteiger partial charge on any atom is -0.508 e. The number of carbonyl (C=O) groups excluding carboxylic acids is 5. The Labute approximate surface area is 435 Å². The molecule has 0 radical (unpaired) electrons. The van der Waals surface area contributed by atoms with Gasteiger partial charge in [-0.25, -0.2) is 9.59 Å². The molecule has 0 spiro atoms. The molecule has 424 valence electrons. The first kappa shape index (κ1) is 65.4. The highest BCUT2D eigenvalue weighted by atomic mass is 31.2. The number of nitrogens with zero attached hydrogens (tertiary/aromatic N) is 2. The van der Waals surface area contributed by atoms with Crippen molar-refractivity contribution in [3.63, 3.8) is 0 Å². The number of ether oxygens (including phenoxy) is 1. The number of phenolic OH excluding ortho intramolecular Hbond substituents is 2. The van der Waals surface area contributed by atoms with Gasteiger partial charge in [0.05, 0.1) is 13.1 Å². The molecule has 0 aromatic heterocycles. The first-order chi connectivity index (χ1) is 35.7. The fourth-order valence-corrected chi connectivity index (χ4v) is 9.49. The van der Waals surface area contributed by atoms with E-state index in [0.29, 0.717) is 55.3 Å². The van der Waals surface area contributed by atoms with Gasteiger partial charge >= 0.3 is 45.1 Å². The average Bonchev–Trinajstić information content (AvgIpc) is 3.31. The Morgan fingerprint density at radius 1 is 0.579 bits per heavy atom. The normalized spacial score (nSPS) is 12.4. The van der Waals surface area contributed by atoms with Gasteiger partial charge < -0.3 is 81.5 Å². The topological polar surface area (TPSA) is 466 Å². The molecule has 0 fully saturated rings. The summed E-state index contributed by atoms with van der Waals surface area (Å²) in [4.78, 5) is 146. The number of hydrogen-bond acceptors (Lipinski definition) is 16. The lowest BCUT2D eigenvalue weighted by molar-refractivity contribution is -0.141. The van der Waals surface area contributed by atoms with Gasteiger partial charge in [0.1, 0.15) is 17.5 Å². The van der Waals surface area contributed by atoms with Crippen molar-refractivity contribution in [3.05, 3.63) is 58.7 Å². The Bertz CT molecular complexity index is 2380. The van der Waals surface area contributed by atoms with Crippen LogP contribution in [0.25, 0.3) is 0 Å². The molecule has 2 atom stereocenters. The Kier molecular flexibility index (Phi) is 28.7. The molecule has 2 aromatic rings. The molecule has 29 nitrogen and oxygen atoms in total. The molecule has 15 N–H and O–H groups in total. The lowest BCUT2D eigenvalue weighted by atomic mass is 10.0. The van der Waals surface area contributed by atoms with E-state index in [9.17, 15) is 97.4 Å². The molecule has 2 aromatic carbocycles. The average molecular weight is 1120 g/mol. The number of unbranched alkanes of at least 4 members (excludes halogenated alkanes) is 3. The van der Waals surface area contributed by atoms with Crippen LogP contribution in [0.5, 0.6) is 11.5 Å². The van der Waals surface area contributed by atoms with Crippen molar-refractivity contribution in [2.75, 3.05) is 39.3 Å². The van der Waals surface area contributed by atoms with Gasteiger partial charge in [-0.05, 0) is 68.2 Å².